The van der Waals surface area contributed by atoms with Gasteiger partial charge in [0.15, 0.2) is 0 Å². The zero-order chi connectivity index (χ0) is 20.5. The van der Waals surface area contributed by atoms with Crippen molar-refractivity contribution in [1.29, 1.82) is 0 Å². The van der Waals surface area contributed by atoms with Crippen LogP contribution < -0.4 is 0 Å². The molecule has 0 saturated carbocycles. The van der Waals surface area contributed by atoms with E-state index in [2.05, 4.69) is 28.5 Å². The second-order valence-corrected chi connectivity index (χ2v) is 8.56. The summed E-state index contributed by atoms with van der Waals surface area (Å²) in [5, 5.41) is 4.46. The molecule has 0 N–H and O–H groups in total. The molecule has 0 aromatic carbocycles. The number of carbonyl (C=O) groups is 1. The Morgan fingerprint density at radius 2 is 2.10 bits per heavy atom. The molecule has 3 aromatic rings. The number of rotatable bonds is 6. The SMILES string of the molecule is Cc1cc(C)n(CCC(=O)N2CCC(c3nc4ccncc4n3CC(C)C)C2)n1.Cl. The highest BCUT2D eigenvalue weighted by atomic mass is 35.5. The number of fused-ring (bicyclic) bond motifs is 1. The van der Waals surface area contributed by atoms with E-state index in [1.54, 1.807) is 6.20 Å². The summed E-state index contributed by atoms with van der Waals surface area (Å²) in [4.78, 5) is 24.0. The highest BCUT2D eigenvalue weighted by Crippen LogP contribution is 2.30. The molecule has 1 amide bonds. The molecular formula is C22H31ClN6O. The predicted molar refractivity (Wildman–Crippen MR) is 120 cm³/mol. The fraction of sp³-hybridized carbons (Fsp3) is 0.545. The molecule has 1 atom stereocenters. The quantitative estimate of drug-likeness (QED) is 0.597. The molecule has 4 heterocycles. The monoisotopic (exact) mass is 430 g/mol. The van der Waals surface area contributed by atoms with Crippen LogP contribution in [0.3, 0.4) is 0 Å². The van der Waals surface area contributed by atoms with Crippen molar-refractivity contribution in [3.8, 4) is 0 Å². The Balaban J connectivity index is 0.00000256. The van der Waals surface area contributed by atoms with Gasteiger partial charge in [-0.25, -0.2) is 4.98 Å². The standard InChI is InChI=1S/C22H30N6O.ClH/c1-15(2)13-27-20-12-23-8-5-19(20)24-22(27)18-6-9-26(14-18)21(29)7-10-28-17(4)11-16(3)25-28;/h5,8,11-12,15,18H,6-7,9-10,13-14H2,1-4H3;1H. The van der Waals surface area contributed by atoms with Gasteiger partial charge < -0.3 is 9.47 Å². The number of imidazole rings is 1. The summed E-state index contributed by atoms with van der Waals surface area (Å²) in [5.74, 6) is 2.09. The lowest BCUT2D eigenvalue weighted by Gasteiger charge is -2.18. The van der Waals surface area contributed by atoms with Gasteiger partial charge in [-0.2, -0.15) is 5.10 Å². The molecule has 8 heteroatoms. The van der Waals surface area contributed by atoms with Crippen molar-refractivity contribution in [2.24, 2.45) is 5.92 Å². The fourth-order valence-electron chi connectivity index (χ4n) is 4.32. The highest BCUT2D eigenvalue weighted by molar-refractivity contribution is 5.85. The number of halogens is 1. The van der Waals surface area contributed by atoms with Crippen molar-refractivity contribution in [3.63, 3.8) is 0 Å². The van der Waals surface area contributed by atoms with Gasteiger partial charge in [0.25, 0.3) is 0 Å². The minimum absolute atomic E-state index is 0. The molecule has 0 aliphatic carbocycles. The first kappa shape index (κ1) is 22.3. The van der Waals surface area contributed by atoms with Crippen molar-refractivity contribution in [1.82, 2.24) is 29.2 Å². The van der Waals surface area contributed by atoms with Crippen LogP contribution in [0.1, 0.15) is 49.8 Å². The van der Waals surface area contributed by atoms with Crippen molar-refractivity contribution >= 4 is 29.3 Å². The number of carbonyl (C=O) groups excluding carboxylic acids is 1. The second kappa shape index (κ2) is 9.16. The van der Waals surface area contributed by atoms with Gasteiger partial charge in [0.1, 0.15) is 5.82 Å². The minimum Gasteiger partial charge on any atom is -0.342 e. The number of hydrogen-bond donors (Lipinski definition) is 0. The maximum Gasteiger partial charge on any atom is 0.224 e. The lowest BCUT2D eigenvalue weighted by atomic mass is 10.1. The van der Waals surface area contributed by atoms with Crippen LogP contribution in [-0.4, -0.2) is 48.2 Å². The summed E-state index contributed by atoms with van der Waals surface area (Å²) in [6.07, 6.45) is 5.14. The molecule has 1 aliphatic rings. The summed E-state index contributed by atoms with van der Waals surface area (Å²) in [6, 6.07) is 4.02. The van der Waals surface area contributed by atoms with Gasteiger partial charge in [0.2, 0.25) is 5.91 Å². The summed E-state index contributed by atoms with van der Waals surface area (Å²) in [7, 11) is 0. The maximum atomic E-state index is 12.8. The molecule has 1 aliphatic heterocycles. The van der Waals surface area contributed by atoms with Crippen LogP contribution in [0.4, 0.5) is 0 Å². The van der Waals surface area contributed by atoms with Crippen molar-refractivity contribution in [2.75, 3.05) is 13.1 Å². The topological polar surface area (TPSA) is 68.8 Å². The number of likely N-dealkylation sites (tertiary alicyclic amines) is 1. The molecule has 3 aromatic heterocycles. The van der Waals surface area contributed by atoms with Gasteiger partial charge in [0.05, 0.1) is 22.9 Å². The Bertz CT molecular complexity index is 1020. The molecule has 1 unspecified atom stereocenters. The maximum absolute atomic E-state index is 12.8. The van der Waals surface area contributed by atoms with E-state index in [4.69, 9.17) is 4.98 Å². The molecule has 0 radical (unpaired) electrons. The number of aromatic nitrogens is 5. The first-order chi connectivity index (χ1) is 13.9. The molecule has 7 nitrogen and oxygen atoms in total. The Kier molecular flexibility index (Phi) is 6.81. The normalized spacial score (nSPS) is 16.4. The zero-order valence-electron chi connectivity index (χ0n) is 18.2. The Labute approximate surface area is 183 Å². The van der Waals surface area contributed by atoms with E-state index in [-0.39, 0.29) is 24.2 Å². The Morgan fingerprint density at radius 1 is 1.30 bits per heavy atom. The Morgan fingerprint density at radius 3 is 2.80 bits per heavy atom. The van der Waals surface area contributed by atoms with Crippen LogP contribution in [0, 0.1) is 19.8 Å². The molecule has 1 fully saturated rings. The molecule has 162 valence electrons. The van der Waals surface area contributed by atoms with E-state index < -0.39 is 0 Å². The molecular weight excluding hydrogens is 400 g/mol. The van der Waals surface area contributed by atoms with E-state index in [1.165, 1.54) is 0 Å². The van der Waals surface area contributed by atoms with Crippen LogP contribution in [0.25, 0.3) is 11.0 Å². The van der Waals surface area contributed by atoms with Crippen LogP contribution in [0.2, 0.25) is 0 Å². The number of pyridine rings is 1. The lowest BCUT2D eigenvalue weighted by molar-refractivity contribution is -0.130. The minimum atomic E-state index is 0. The van der Waals surface area contributed by atoms with E-state index >= 15 is 0 Å². The third kappa shape index (κ3) is 4.51. The first-order valence-corrected chi connectivity index (χ1v) is 10.5. The summed E-state index contributed by atoms with van der Waals surface area (Å²) in [5.41, 5.74) is 4.18. The number of nitrogens with zero attached hydrogens (tertiary/aromatic N) is 6. The number of amides is 1. The summed E-state index contributed by atoms with van der Waals surface area (Å²) in [6.45, 7) is 11.5. The smallest absolute Gasteiger partial charge is 0.224 e. The van der Waals surface area contributed by atoms with Gasteiger partial charge >= 0.3 is 0 Å². The average molecular weight is 431 g/mol. The van der Waals surface area contributed by atoms with Gasteiger partial charge in [-0.15, -0.1) is 12.4 Å². The van der Waals surface area contributed by atoms with E-state index in [0.717, 1.165) is 54.3 Å². The summed E-state index contributed by atoms with van der Waals surface area (Å²) >= 11 is 0. The van der Waals surface area contributed by atoms with Crippen molar-refractivity contribution in [3.05, 3.63) is 41.7 Å². The molecule has 0 bridgehead atoms. The van der Waals surface area contributed by atoms with E-state index in [9.17, 15) is 4.79 Å². The fourth-order valence-corrected chi connectivity index (χ4v) is 4.32. The highest BCUT2D eigenvalue weighted by Gasteiger charge is 2.31. The van der Waals surface area contributed by atoms with Crippen LogP contribution >= 0.6 is 12.4 Å². The molecule has 4 rings (SSSR count). The summed E-state index contributed by atoms with van der Waals surface area (Å²) < 4.78 is 4.23. The third-order valence-corrected chi connectivity index (χ3v) is 5.67. The molecule has 1 saturated heterocycles. The van der Waals surface area contributed by atoms with Gasteiger partial charge in [0, 0.05) is 50.4 Å². The van der Waals surface area contributed by atoms with Gasteiger partial charge in [-0.1, -0.05) is 13.8 Å². The largest absolute Gasteiger partial charge is 0.342 e. The molecule has 30 heavy (non-hydrogen) atoms. The van der Waals surface area contributed by atoms with Crippen molar-refractivity contribution in [2.45, 2.75) is 59.5 Å². The molecule has 0 spiro atoms. The van der Waals surface area contributed by atoms with Crippen molar-refractivity contribution < 1.29 is 4.79 Å². The van der Waals surface area contributed by atoms with Gasteiger partial charge in [-0.05, 0) is 38.3 Å². The predicted octanol–water partition coefficient (Wildman–Crippen LogP) is 3.73. The van der Waals surface area contributed by atoms with Crippen LogP contribution in [0.15, 0.2) is 24.5 Å². The average Bonchev–Trinajstić information content (AvgIpc) is 3.37. The third-order valence-electron chi connectivity index (χ3n) is 5.67. The lowest BCUT2D eigenvalue weighted by Crippen LogP contribution is -2.29. The number of aryl methyl sites for hydroxylation is 3. The van der Waals surface area contributed by atoms with Crippen LogP contribution in [0.5, 0.6) is 0 Å². The zero-order valence-corrected chi connectivity index (χ0v) is 19.0. The second-order valence-electron chi connectivity index (χ2n) is 8.56. The first-order valence-electron chi connectivity index (χ1n) is 10.5. The van der Waals surface area contributed by atoms with Gasteiger partial charge in [-0.3, -0.25) is 14.5 Å². The van der Waals surface area contributed by atoms with Crippen LogP contribution in [-0.2, 0) is 17.9 Å². The number of hydrogen-bond acceptors (Lipinski definition) is 4. The van der Waals surface area contributed by atoms with E-state index in [1.807, 2.05) is 41.8 Å². The Hall–Kier alpha value is -2.41. The van der Waals surface area contributed by atoms with E-state index in [0.29, 0.717) is 18.9 Å².